The summed E-state index contributed by atoms with van der Waals surface area (Å²) in [5.74, 6) is -2.41. The van der Waals surface area contributed by atoms with E-state index in [1.54, 1.807) is 12.3 Å². The van der Waals surface area contributed by atoms with Crippen molar-refractivity contribution in [1.29, 1.82) is 0 Å². The second-order valence-electron chi connectivity index (χ2n) is 3.52. The van der Waals surface area contributed by atoms with Crippen LogP contribution in [0.25, 0.3) is 0 Å². The Labute approximate surface area is 106 Å². The summed E-state index contributed by atoms with van der Waals surface area (Å²) in [6.07, 6.45) is 0. The summed E-state index contributed by atoms with van der Waals surface area (Å²) < 4.78 is 25.7. The average Bonchev–Trinajstić information content (AvgIpc) is 2.63. The van der Waals surface area contributed by atoms with Gasteiger partial charge in [-0.1, -0.05) is 11.6 Å². The van der Waals surface area contributed by atoms with Crippen LogP contribution in [0.1, 0.15) is 20.8 Å². The first-order valence-electron chi connectivity index (χ1n) is 4.74. The summed E-state index contributed by atoms with van der Waals surface area (Å²) >= 11 is 7.14. The van der Waals surface area contributed by atoms with Crippen molar-refractivity contribution < 1.29 is 13.6 Å². The zero-order valence-electron chi connectivity index (χ0n) is 8.76. The molecule has 88 valence electrons. The molecule has 0 radical (unpaired) electrons. The van der Waals surface area contributed by atoms with Crippen LogP contribution >= 0.6 is 22.9 Å². The fourth-order valence-corrected chi connectivity index (χ4v) is 2.59. The zero-order chi connectivity index (χ0) is 12.6. The molecular formula is C12H7ClF2OS. The first-order chi connectivity index (χ1) is 8.00. The van der Waals surface area contributed by atoms with Crippen molar-refractivity contribution in [3.05, 3.63) is 56.2 Å². The number of aryl methyl sites for hydroxylation is 1. The molecule has 0 saturated heterocycles. The minimum Gasteiger partial charge on any atom is -0.288 e. The van der Waals surface area contributed by atoms with Crippen LogP contribution in [0.4, 0.5) is 8.78 Å². The molecule has 0 bridgehead atoms. The molecule has 0 N–H and O–H groups in total. The number of ketones is 1. The van der Waals surface area contributed by atoms with Crippen molar-refractivity contribution in [2.45, 2.75) is 6.92 Å². The van der Waals surface area contributed by atoms with Crippen molar-refractivity contribution in [1.82, 2.24) is 0 Å². The molecular weight excluding hydrogens is 266 g/mol. The molecule has 5 heteroatoms. The van der Waals surface area contributed by atoms with E-state index < -0.39 is 17.4 Å². The van der Waals surface area contributed by atoms with Gasteiger partial charge in [0.1, 0.15) is 0 Å². The molecule has 0 saturated carbocycles. The van der Waals surface area contributed by atoms with Crippen LogP contribution in [0.5, 0.6) is 0 Å². The fourth-order valence-electron chi connectivity index (χ4n) is 1.35. The van der Waals surface area contributed by atoms with Gasteiger partial charge in [0.05, 0.1) is 9.90 Å². The quantitative estimate of drug-likeness (QED) is 0.748. The number of carbonyl (C=O) groups is 1. The van der Waals surface area contributed by atoms with Crippen molar-refractivity contribution in [2.24, 2.45) is 0 Å². The van der Waals surface area contributed by atoms with Gasteiger partial charge < -0.3 is 0 Å². The van der Waals surface area contributed by atoms with Gasteiger partial charge in [-0.15, -0.1) is 11.3 Å². The third-order valence-corrected chi connectivity index (χ3v) is 3.98. The number of halogens is 3. The molecule has 17 heavy (non-hydrogen) atoms. The lowest BCUT2D eigenvalue weighted by molar-refractivity contribution is 0.104. The van der Waals surface area contributed by atoms with Crippen LogP contribution in [0.15, 0.2) is 23.6 Å². The van der Waals surface area contributed by atoms with Crippen molar-refractivity contribution >= 4 is 28.7 Å². The van der Waals surface area contributed by atoms with E-state index in [2.05, 4.69) is 0 Å². The Hall–Kier alpha value is -1.26. The van der Waals surface area contributed by atoms with E-state index >= 15 is 0 Å². The van der Waals surface area contributed by atoms with Gasteiger partial charge in [0.15, 0.2) is 11.6 Å². The van der Waals surface area contributed by atoms with Gasteiger partial charge in [-0.05, 0) is 36.1 Å². The molecule has 0 fully saturated rings. The Kier molecular flexibility index (Phi) is 3.26. The second kappa shape index (κ2) is 4.55. The van der Waals surface area contributed by atoms with Crippen LogP contribution in [-0.4, -0.2) is 5.78 Å². The average molecular weight is 273 g/mol. The minimum absolute atomic E-state index is 0.0904. The molecule has 1 aromatic carbocycles. The molecule has 0 atom stereocenters. The number of hydrogen-bond acceptors (Lipinski definition) is 2. The number of rotatable bonds is 2. The predicted molar refractivity (Wildman–Crippen MR) is 63.9 cm³/mol. The van der Waals surface area contributed by atoms with Gasteiger partial charge >= 0.3 is 0 Å². The summed E-state index contributed by atoms with van der Waals surface area (Å²) in [6.45, 7) is 1.78. The molecule has 0 amide bonds. The maximum Gasteiger partial charge on any atom is 0.204 e. The lowest BCUT2D eigenvalue weighted by Crippen LogP contribution is -2.01. The Morgan fingerprint density at radius 3 is 2.53 bits per heavy atom. The Balaban J connectivity index is 2.44. The van der Waals surface area contributed by atoms with Gasteiger partial charge in [0, 0.05) is 5.56 Å². The molecule has 1 nitrogen and oxygen atoms in total. The summed E-state index contributed by atoms with van der Waals surface area (Å²) in [5, 5.41) is 2.11. The van der Waals surface area contributed by atoms with E-state index in [9.17, 15) is 13.6 Å². The number of carbonyl (C=O) groups excluding carboxylic acids is 1. The Morgan fingerprint density at radius 1 is 1.29 bits per heavy atom. The Morgan fingerprint density at radius 2 is 2.00 bits per heavy atom. The monoisotopic (exact) mass is 272 g/mol. The normalized spacial score (nSPS) is 10.6. The molecule has 1 aromatic heterocycles. The van der Waals surface area contributed by atoms with Gasteiger partial charge in [0.25, 0.3) is 0 Å². The lowest BCUT2D eigenvalue weighted by Gasteiger charge is -2.00. The third-order valence-electron chi connectivity index (χ3n) is 2.29. The number of hydrogen-bond donors (Lipinski definition) is 0. The largest absolute Gasteiger partial charge is 0.288 e. The van der Waals surface area contributed by atoms with E-state index in [1.807, 2.05) is 0 Å². The fraction of sp³-hybridized carbons (Fsp3) is 0.0833. The summed E-state index contributed by atoms with van der Waals surface area (Å²) in [5.41, 5.74) is 0.884. The molecule has 0 spiro atoms. The summed E-state index contributed by atoms with van der Waals surface area (Å²) in [4.78, 5) is 12.3. The van der Waals surface area contributed by atoms with Gasteiger partial charge in [0.2, 0.25) is 5.78 Å². The lowest BCUT2D eigenvalue weighted by atomic mass is 10.1. The van der Waals surface area contributed by atoms with Gasteiger partial charge in [-0.2, -0.15) is 0 Å². The first kappa shape index (κ1) is 12.2. The van der Waals surface area contributed by atoms with Crippen LogP contribution < -0.4 is 0 Å². The van der Waals surface area contributed by atoms with Crippen molar-refractivity contribution in [2.75, 3.05) is 0 Å². The second-order valence-corrected chi connectivity index (χ2v) is 4.78. The summed E-state index contributed by atoms with van der Waals surface area (Å²) in [6, 6.07) is 3.05. The maximum absolute atomic E-state index is 13.0. The van der Waals surface area contributed by atoms with Gasteiger partial charge in [-0.25, -0.2) is 8.78 Å². The van der Waals surface area contributed by atoms with Crippen LogP contribution in [-0.2, 0) is 0 Å². The summed E-state index contributed by atoms with van der Waals surface area (Å²) in [7, 11) is 0. The van der Waals surface area contributed by atoms with E-state index in [4.69, 9.17) is 11.6 Å². The third kappa shape index (κ3) is 2.23. The van der Waals surface area contributed by atoms with E-state index in [0.717, 1.165) is 17.7 Å². The highest BCUT2D eigenvalue weighted by molar-refractivity contribution is 7.13. The number of thiophene rings is 1. The molecule has 2 aromatic rings. The predicted octanol–water partition coefficient (Wildman–Crippen LogP) is 4.22. The molecule has 0 aliphatic carbocycles. The highest BCUT2D eigenvalue weighted by Crippen LogP contribution is 2.29. The highest BCUT2D eigenvalue weighted by Gasteiger charge is 2.17. The van der Waals surface area contributed by atoms with E-state index in [-0.39, 0.29) is 5.56 Å². The van der Waals surface area contributed by atoms with Crippen LogP contribution in [0, 0.1) is 18.6 Å². The SMILES string of the molecule is Cc1csc(C(=O)c2ccc(F)c(F)c2)c1Cl. The van der Waals surface area contributed by atoms with E-state index in [1.165, 1.54) is 17.4 Å². The maximum atomic E-state index is 13.0. The first-order valence-corrected chi connectivity index (χ1v) is 6.00. The Bertz CT molecular complexity index is 592. The molecule has 0 aliphatic rings. The molecule has 2 rings (SSSR count). The molecule has 0 unspecified atom stereocenters. The smallest absolute Gasteiger partial charge is 0.204 e. The van der Waals surface area contributed by atoms with Gasteiger partial charge in [-0.3, -0.25) is 4.79 Å². The van der Waals surface area contributed by atoms with Crippen LogP contribution in [0.2, 0.25) is 5.02 Å². The number of benzene rings is 1. The van der Waals surface area contributed by atoms with E-state index in [0.29, 0.717) is 9.90 Å². The molecule has 0 aliphatic heterocycles. The highest BCUT2D eigenvalue weighted by atomic mass is 35.5. The van der Waals surface area contributed by atoms with Crippen LogP contribution in [0.3, 0.4) is 0 Å². The zero-order valence-corrected chi connectivity index (χ0v) is 10.3. The minimum atomic E-state index is -1.04. The van der Waals surface area contributed by atoms with Crippen molar-refractivity contribution in [3.63, 3.8) is 0 Å². The topological polar surface area (TPSA) is 17.1 Å². The molecule has 1 heterocycles. The standard InChI is InChI=1S/C12H7ClF2OS/c1-6-5-17-12(10(6)13)11(16)7-2-3-8(14)9(15)4-7/h2-5H,1H3. The van der Waals surface area contributed by atoms with Crippen molar-refractivity contribution in [3.8, 4) is 0 Å².